The van der Waals surface area contributed by atoms with E-state index in [1.165, 1.54) is 5.56 Å². The number of aromatic amines is 1. The molecule has 0 unspecified atom stereocenters. The van der Waals surface area contributed by atoms with E-state index in [0.29, 0.717) is 5.88 Å². The van der Waals surface area contributed by atoms with E-state index in [4.69, 9.17) is 16.0 Å². The van der Waals surface area contributed by atoms with Gasteiger partial charge in [-0.15, -0.1) is 11.6 Å². The monoisotopic (exact) mass is 224 g/mol. The van der Waals surface area contributed by atoms with E-state index in [9.17, 15) is 0 Å². The lowest BCUT2D eigenvalue weighted by molar-refractivity contribution is 0.568. The van der Waals surface area contributed by atoms with Crippen molar-refractivity contribution in [2.75, 3.05) is 5.88 Å². The van der Waals surface area contributed by atoms with E-state index in [0.717, 1.165) is 29.8 Å². The van der Waals surface area contributed by atoms with Crippen LogP contribution in [-0.2, 0) is 12.8 Å². The first kappa shape index (κ1) is 10.3. The molecule has 0 amide bonds. The molecule has 0 bridgehead atoms. The van der Waals surface area contributed by atoms with Crippen molar-refractivity contribution in [3.63, 3.8) is 0 Å². The van der Waals surface area contributed by atoms with Crippen LogP contribution in [0.25, 0.3) is 11.3 Å². The maximum absolute atomic E-state index is 5.79. The minimum atomic E-state index is 0.609. The highest BCUT2D eigenvalue weighted by Crippen LogP contribution is 2.25. The number of halogens is 1. The minimum absolute atomic E-state index is 0.609. The number of H-pyrrole nitrogens is 1. The molecule has 0 aliphatic heterocycles. The molecule has 0 saturated carbocycles. The van der Waals surface area contributed by atoms with Crippen LogP contribution >= 0.6 is 11.6 Å². The van der Waals surface area contributed by atoms with Crippen LogP contribution < -0.4 is 0 Å². The number of rotatable bonds is 4. The van der Waals surface area contributed by atoms with Gasteiger partial charge in [0.1, 0.15) is 0 Å². The molecule has 0 fully saturated rings. The Balaban J connectivity index is 2.43. The molecular weight excluding hydrogens is 212 g/mol. The van der Waals surface area contributed by atoms with Crippen molar-refractivity contribution in [3.8, 4) is 11.3 Å². The van der Waals surface area contributed by atoms with Gasteiger partial charge >= 0.3 is 0 Å². The number of nitrogens with one attached hydrogen (secondary N) is 1. The molecule has 0 radical (unpaired) electrons. The quantitative estimate of drug-likeness (QED) is 0.812. The molecule has 0 saturated heterocycles. The Labute approximate surface area is 93.4 Å². The number of aryl methyl sites for hydroxylation is 1. The first-order chi connectivity index (χ1) is 7.36. The number of hydrogen-bond donors (Lipinski definition) is 1. The average Bonchev–Trinajstić information content (AvgIpc) is 2.85. The molecule has 0 aliphatic carbocycles. The molecule has 0 atom stereocenters. The van der Waals surface area contributed by atoms with Gasteiger partial charge in [0.15, 0.2) is 0 Å². The largest absolute Gasteiger partial charge is 0.472 e. The molecule has 0 aromatic carbocycles. The molecule has 0 spiro atoms. The zero-order valence-corrected chi connectivity index (χ0v) is 9.34. The van der Waals surface area contributed by atoms with Gasteiger partial charge in [0.05, 0.1) is 18.2 Å². The van der Waals surface area contributed by atoms with Gasteiger partial charge in [0.25, 0.3) is 0 Å². The molecule has 3 nitrogen and oxygen atoms in total. The maximum atomic E-state index is 5.79. The molecule has 2 rings (SSSR count). The third-order valence-corrected chi connectivity index (χ3v) is 2.63. The lowest BCUT2D eigenvalue weighted by Gasteiger charge is -2.00. The van der Waals surface area contributed by atoms with Gasteiger partial charge in [0.2, 0.25) is 0 Å². The van der Waals surface area contributed by atoms with Crippen LogP contribution in [-0.4, -0.2) is 16.1 Å². The van der Waals surface area contributed by atoms with Gasteiger partial charge in [-0.3, -0.25) is 5.10 Å². The molecule has 2 aromatic heterocycles. The highest BCUT2D eigenvalue weighted by Gasteiger charge is 2.13. The van der Waals surface area contributed by atoms with Gasteiger partial charge < -0.3 is 4.42 Å². The number of hydrogen-bond acceptors (Lipinski definition) is 2. The number of nitrogens with zero attached hydrogens (tertiary/aromatic N) is 1. The van der Waals surface area contributed by atoms with Crippen molar-refractivity contribution in [2.24, 2.45) is 0 Å². The summed E-state index contributed by atoms with van der Waals surface area (Å²) in [5.74, 6) is 0.609. The van der Waals surface area contributed by atoms with Gasteiger partial charge in [-0.1, -0.05) is 6.92 Å². The summed E-state index contributed by atoms with van der Waals surface area (Å²) in [5.41, 5.74) is 4.33. The van der Waals surface area contributed by atoms with Gasteiger partial charge in [-0.25, -0.2) is 0 Å². The van der Waals surface area contributed by atoms with E-state index >= 15 is 0 Å². The van der Waals surface area contributed by atoms with Gasteiger partial charge in [-0.05, 0) is 18.9 Å². The van der Waals surface area contributed by atoms with Crippen LogP contribution in [0.15, 0.2) is 23.0 Å². The van der Waals surface area contributed by atoms with E-state index in [1.54, 1.807) is 12.5 Å². The van der Waals surface area contributed by atoms with Crippen LogP contribution in [0.5, 0.6) is 0 Å². The summed E-state index contributed by atoms with van der Waals surface area (Å²) in [6.07, 6.45) is 5.13. The lowest BCUT2D eigenvalue weighted by Crippen LogP contribution is -1.92. The fourth-order valence-corrected chi connectivity index (χ4v) is 1.88. The van der Waals surface area contributed by atoms with Crippen molar-refractivity contribution in [2.45, 2.75) is 19.8 Å². The van der Waals surface area contributed by atoms with Crippen LogP contribution in [0, 0.1) is 0 Å². The van der Waals surface area contributed by atoms with Gasteiger partial charge in [0, 0.05) is 22.7 Å². The molecule has 0 aliphatic rings. The van der Waals surface area contributed by atoms with E-state index in [1.807, 2.05) is 6.07 Å². The smallest absolute Gasteiger partial charge is 0.0997 e. The van der Waals surface area contributed by atoms with Crippen molar-refractivity contribution in [1.82, 2.24) is 10.2 Å². The number of alkyl halides is 1. The Morgan fingerprint density at radius 3 is 3.00 bits per heavy atom. The molecule has 80 valence electrons. The van der Waals surface area contributed by atoms with Crippen LogP contribution in [0.4, 0.5) is 0 Å². The zero-order chi connectivity index (χ0) is 10.7. The van der Waals surface area contributed by atoms with E-state index in [-0.39, 0.29) is 0 Å². The normalized spacial score (nSPS) is 10.8. The SMILES string of the molecule is CCc1[nH]nc(-c2ccoc2)c1CCCl. The average molecular weight is 225 g/mol. The summed E-state index contributed by atoms with van der Waals surface area (Å²) in [4.78, 5) is 0. The Bertz CT molecular complexity index is 420. The molecule has 1 N–H and O–H groups in total. The highest BCUT2D eigenvalue weighted by atomic mass is 35.5. The maximum Gasteiger partial charge on any atom is 0.0997 e. The summed E-state index contributed by atoms with van der Waals surface area (Å²) < 4.78 is 5.06. The summed E-state index contributed by atoms with van der Waals surface area (Å²) in [6.45, 7) is 2.10. The molecule has 2 aromatic rings. The van der Waals surface area contributed by atoms with Crippen molar-refractivity contribution < 1.29 is 4.42 Å². The minimum Gasteiger partial charge on any atom is -0.472 e. The third kappa shape index (κ3) is 1.92. The second-order valence-electron chi connectivity index (χ2n) is 3.33. The molecule has 2 heterocycles. The number of aromatic nitrogens is 2. The van der Waals surface area contributed by atoms with E-state index < -0.39 is 0 Å². The molecular formula is C11H13ClN2O. The van der Waals surface area contributed by atoms with Crippen LogP contribution in [0.2, 0.25) is 0 Å². The zero-order valence-electron chi connectivity index (χ0n) is 8.59. The Morgan fingerprint density at radius 2 is 2.40 bits per heavy atom. The predicted octanol–water partition coefficient (Wildman–Crippen LogP) is 3.01. The Hall–Kier alpha value is -1.22. The van der Waals surface area contributed by atoms with Gasteiger partial charge in [-0.2, -0.15) is 5.10 Å². The first-order valence-corrected chi connectivity index (χ1v) is 5.55. The topological polar surface area (TPSA) is 41.8 Å². The fraction of sp³-hybridized carbons (Fsp3) is 0.364. The van der Waals surface area contributed by atoms with Crippen molar-refractivity contribution in [3.05, 3.63) is 29.9 Å². The van der Waals surface area contributed by atoms with Crippen molar-refractivity contribution in [1.29, 1.82) is 0 Å². The lowest BCUT2D eigenvalue weighted by atomic mass is 10.1. The van der Waals surface area contributed by atoms with Crippen LogP contribution in [0.3, 0.4) is 0 Å². The second-order valence-corrected chi connectivity index (χ2v) is 3.71. The summed E-state index contributed by atoms with van der Waals surface area (Å²) in [6, 6.07) is 1.91. The second kappa shape index (κ2) is 4.53. The predicted molar refractivity (Wildman–Crippen MR) is 60.1 cm³/mol. The Kier molecular flexibility index (Phi) is 3.11. The Morgan fingerprint density at radius 1 is 1.53 bits per heavy atom. The summed E-state index contributed by atoms with van der Waals surface area (Å²) >= 11 is 5.79. The highest BCUT2D eigenvalue weighted by molar-refractivity contribution is 6.18. The van der Waals surface area contributed by atoms with E-state index in [2.05, 4.69) is 17.1 Å². The molecule has 4 heteroatoms. The van der Waals surface area contributed by atoms with Crippen LogP contribution in [0.1, 0.15) is 18.2 Å². The summed E-state index contributed by atoms with van der Waals surface area (Å²) in [7, 11) is 0. The fourth-order valence-electron chi connectivity index (χ4n) is 1.70. The standard InChI is InChI=1S/C11H13ClN2O/c1-2-10-9(3-5-12)11(14-13-10)8-4-6-15-7-8/h4,6-7H,2-3,5H2,1H3,(H,13,14). The van der Waals surface area contributed by atoms with Crippen molar-refractivity contribution >= 4 is 11.6 Å². The third-order valence-electron chi connectivity index (χ3n) is 2.45. The molecule has 15 heavy (non-hydrogen) atoms. The summed E-state index contributed by atoms with van der Waals surface area (Å²) in [5, 5.41) is 7.35. The first-order valence-electron chi connectivity index (χ1n) is 5.01. The number of furan rings is 1.